The van der Waals surface area contributed by atoms with Crippen molar-refractivity contribution in [2.75, 3.05) is 20.1 Å². The Kier molecular flexibility index (Phi) is 4.50. The van der Waals surface area contributed by atoms with Crippen LogP contribution in [-0.2, 0) is 0 Å². The van der Waals surface area contributed by atoms with Gasteiger partial charge in [0.2, 0.25) is 0 Å². The number of carbonyl (C=O) groups is 1. The topological polar surface area (TPSA) is 50.4 Å². The molecule has 0 bridgehead atoms. The number of nitrogens with one attached hydrogen (secondary N) is 2. The zero-order valence-corrected chi connectivity index (χ0v) is 8.12. The number of likely N-dealkylation sites (N-methyl/N-ethyl adjacent to an activating group) is 1. The van der Waals surface area contributed by atoms with Gasteiger partial charge in [0.25, 0.3) is 0 Å². The molecule has 0 aromatic heterocycles. The number of hydrogen-bond acceptors (Lipinski definition) is 3. The molecule has 1 amide bonds. The van der Waals surface area contributed by atoms with Crippen LogP contribution in [0.4, 0.5) is 4.79 Å². The molecule has 1 rings (SSSR count). The summed E-state index contributed by atoms with van der Waals surface area (Å²) in [6.07, 6.45) is -0.425. The molecule has 4 heteroatoms. The average Bonchev–Trinajstić information content (AvgIpc) is 2.20. The third-order valence-corrected chi connectivity index (χ3v) is 1.60. The molecule has 0 aliphatic carbocycles. The van der Waals surface area contributed by atoms with E-state index in [1.807, 2.05) is 25.2 Å². The zero-order valence-electron chi connectivity index (χ0n) is 8.12. The minimum Gasteiger partial charge on any atom is -0.410 e. The summed E-state index contributed by atoms with van der Waals surface area (Å²) >= 11 is 0. The molecule has 4 nitrogen and oxygen atoms in total. The highest BCUT2D eigenvalue weighted by atomic mass is 16.5. The second kappa shape index (κ2) is 5.99. The van der Waals surface area contributed by atoms with Crippen LogP contribution in [0, 0.1) is 0 Å². The molecule has 0 radical (unpaired) electrons. The molecule has 0 aliphatic heterocycles. The number of carbonyl (C=O) groups excluding carboxylic acids is 1. The Bertz CT molecular complexity index is 275. The Hall–Kier alpha value is -1.55. The van der Waals surface area contributed by atoms with Gasteiger partial charge in [-0.1, -0.05) is 18.2 Å². The van der Waals surface area contributed by atoms with Crippen molar-refractivity contribution in [3.05, 3.63) is 30.3 Å². The summed E-state index contributed by atoms with van der Waals surface area (Å²) < 4.78 is 4.98. The van der Waals surface area contributed by atoms with Gasteiger partial charge in [0, 0.05) is 13.1 Å². The predicted molar refractivity (Wildman–Crippen MR) is 54.4 cm³/mol. The molecule has 0 atom stereocenters. The molecule has 14 heavy (non-hydrogen) atoms. The van der Waals surface area contributed by atoms with Crippen LogP contribution in [0.3, 0.4) is 0 Å². The van der Waals surface area contributed by atoms with Gasteiger partial charge in [-0.2, -0.15) is 0 Å². The van der Waals surface area contributed by atoms with E-state index < -0.39 is 6.09 Å². The van der Waals surface area contributed by atoms with Gasteiger partial charge in [-0.15, -0.1) is 0 Å². The molecular formula is C10H14N2O2. The van der Waals surface area contributed by atoms with Crippen molar-refractivity contribution in [3.8, 4) is 5.75 Å². The van der Waals surface area contributed by atoms with Gasteiger partial charge < -0.3 is 15.4 Å². The molecule has 0 aliphatic rings. The Labute approximate surface area is 83.3 Å². The first-order valence-corrected chi connectivity index (χ1v) is 4.48. The van der Waals surface area contributed by atoms with E-state index in [1.165, 1.54) is 0 Å². The van der Waals surface area contributed by atoms with E-state index in [4.69, 9.17) is 4.74 Å². The van der Waals surface area contributed by atoms with E-state index in [2.05, 4.69) is 10.6 Å². The third kappa shape index (κ3) is 3.91. The molecule has 0 spiro atoms. The predicted octanol–water partition coefficient (Wildman–Crippen LogP) is 0.994. The van der Waals surface area contributed by atoms with Gasteiger partial charge >= 0.3 is 6.09 Å². The lowest BCUT2D eigenvalue weighted by Gasteiger charge is -2.05. The van der Waals surface area contributed by atoms with Crippen molar-refractivity contribution in [3.63, 3.8) is 0 Å². The summed E-state index contributed by atoms with van der Waals surface area (Å²) in [6, 6.07) is 8.97. The second-order valence-electron chi connectivity index (χ2n) is 2.73. The standard InChI is InChI=1S/C10H14N2O2/c1-11-7-8-12-10(13)14-9-5-3-2-4-6-9/h2-6,11H,7-8H2,1H3,(H,12,13). The van der Waals surface area contributed by atoms with E-state index in [-0.39, 0.29) is 0 Å². The fourth-order valence-corrected chi connectivity index (χ4v) is 0.921. The van der Waals surface area contributed by atoms with E-state index in [1.54, 1.807) is 12.1 Å². The summed E-state index contributed by atoms with van der Waals surface area (Å²) in [7, 11) is 1.82. The van der Waals surface area contributed by atoms with E-state index in [0.717, 1.165) is 6.54 Å². The number of benzene rings is 1. The molecule has 76 valence electrons. The van der Waals surface area contributed by atoms with Crippen LogP contribution in [0.5, 0.6) is 5.75 Å². The fraction of sp³-hybridized carbons (Fsp3) is 0.300. The lowest BCUT2D eigenvalue weighted by atomic mass is 10.3. The van der Waals surface area contributed by atoms with Crippen LogP contribution >= 0.6 is 0 Å². The maximum atomic E-state index is 11.1. The highest BCUT2D eigenvalue weighted by Gasteiger charge is 2.01. The van der Waals surface area contributed by atoms with Crippen LogP contribution in [0.25, 0.3) is 0 Å². The Morgan fingerprint density at radius 3 is 2.64 bits per heavy atom. The highest BCUT2D eigenvalue weighted by Crippen LogP contribution is 2.07. The van der Waals surface area contributed by atoms with Gasteiger partial charge in [0.15, 0.2) is 0 Å². The van der Waals surface area contributed by atoms with Crippen LogP contribution in [-0.4, -0.2) is 26.2 Å². The smallest absolute Gasteiger partial charge is 0.410 e. The molecule has 1 aromatic carbocycles. The van der Waals surface area contributed by atoms with Crippen LogP contribution in [0.2, 0.25) is 0 Å². The minimum atomic E-state index is -0.425. The molecule has 2 N–H and O–H groups in total. The molecule has 0 unspecified atom stereocenters. The number of ether oxygens (including phenoxy) is 1. The summed E-state index contributed by atoms with van der Waals surface area (Å²) in [5.41, 5.74) is 0. The van der Waals surface area contributed by atoms with Crippen LogP contribution in [0.15, 0.2) is 30.3 Å². The second-order valence-corrected chi connectivity index (χ2v) is 2.73. The zero-order chi connectivity index (χ0) is 10.2. The van der Waals surface area contributed by atoms with Crippen molar-refractivity contribution in [1.29, 1.82) is 0 Å². The minimum absolute atomic E-state index is 0.425. The maximum absolute atomic E-state index is 11.1. The first kappa shape index (κ1) is 10.5. The van der Waals surface area contributed by atoms with E-state index in [0.29, 0.717) is 12.3 Å². The largest absolute Gasteiger partial charge is 0.412 e. The Balaban J connectivity index is 2.27. The number of hydrogen-bond donors (Lipinski definition) is 2. The van der Waals surface area contributed by atoms with Crippen molar-refractivity contribution in [2.24, 2.45) is 0 Å². The number of rotatable bonds is 4. The monoisotopic (exact) mass is 194 g/mol. The van der Waals surface area contributed by atoms with E-state index >= 15 is 0 Å². The Morgan fingerprint density at radius 1 is 1.29 bits per heavy atom. The first-order chi connectivity index (χ1) is 6.83. The lowest BCUT2D eigenvalue weighted by Crippen LogP contribution is -2.32. The van der Waals surface area contributed by atoms with Gasteiger partial charge in [0.05, 0.1) is 0 Å². The van der Waals surface area contributed by atoms with Gasteiger partial charge in [0.1, 0.15) is 5.75 Å². The summed E-state index contributed by atoms with van der Waals surface area (Å²) in [5, 5.41) is 5.53. The highest BCUT2D eigenvalue weighted by molar-refractivity contribution is 5.70. The average molecular weight is 194 g/mol. The van der Waals surface area contributed by atoms with Gasteiger partial charge in [-0.25, -0.2) is 4.79 Å². The number of amides is 1. The molecule has 0 saturated carbocycles. The van der Waals surface area contributed by atoms with Crippen LogP contribution < -0.4 is 15.4 Å². The molecule has 0 saturated heterocycles. The first-order valence-electron chi connectivity index (χ1n) is 4.48. The summed E-state index contributed by atoms with van der Waals surface area (Å²) in [6.45, 7) is 1.28. The summed E-state index contributed by atoms with van der Waals surface area (Å²) in [5.74, 6) is 0.550. The van der Waals surface area contributed by atoms with Gasteiger partial charge in [-0.3, -0.25) is 0 Å². The van der Waals surface area contributed by atoms with Crippen molar-refractivity contribution < 1.29 is 9.53 Å². The molecule has 1 aromatic rings. The molecular weight excluding hydrogens is 180 g/mol. The third-order valence-electron chi connectivity index (χ3n) is 1.60. The van der Waals surface area contributed by atoms with Gasteiger partial charge in [-0.05, 0) is 19.2 Å². The van der Waals surface area contributed by atoms with E-state index in [9.17, 15) is 4.79 Å². The quantitative estimate of drug-likeness (QED) is 0.703. The van der Waals surface area contributed by atoms with Crippen LogP contribution in [0.1, 0.15) is 0 Å². The SMILES string of the molecule is CNCCNC(=O)Oc1ccccc1. The van der Waals surface area contributed by atoms with Crippen molar-refractivity contribution in [2.45, 2.75) is 0 Å². The summed E-state index contributed by atoms with van der Waals surface area (Å²) in [4.78, 5) is 11.1. The Morgan fingerprint density at radius 2 is 2.00 bits per heavy atom. The molecule has 0 heterocycles. The van der Waals surface area contributed by atoms with Crippen molar-refractivity contribution in [1.82, 2.24) is 10.6 Å². The lowest BCUT2D eigenvalue weighted by molar-refractivity contribution is 0.200. The molecule has 0 fully saturated rings. The fourth-order valence-electron chi connectivity index (χ4n) is 0.921. The number of para-hydroxylation sites is 1. The normalized spacial score (nSPS) is 9.50. The maximum Gasteiger partial charge on any atom is 0.412 e. The van der Waals surface area contributed by atoms with Crippen molar-refractivity contribution >= 4 is 6.09 Å².